The number of methoxy groups -OCH3 is 1. The Morgan fingerprint density at radius 1 is 1.21 bits per heavy atom. The molecule has 160 valence electrons. The van der Waals surface area contributed by atoms with E-state index in [1.165, 1.54) is 0 Å². The van der Waals surface area contributed by atoms with Crippen molar-refractivity contribution in [2.45, 2.75) is 41.2 Å². The highest BCUT2D eigenvalue weighted by molar-refractivity contribution is 7.99. The van der Waals surface area contributed by atoms with Gasteiger partial charge in [-0.15, -0.1) is 11.8 Å². The molecule has 29 heavy (non-hydrogen) atoms. The van der Waals surface area contributed by atoms with Gasteiger partial charge in [-0.25, -0.2) is 8.42 Å². The van der Waals surface area contributed by atoms with Gasteiger partial charge in [-0.3, -0.25) is 4.79 Å². The second-order valence-electron chi connectivity index (χ2n) is 8.42. The topological polar surface area (TPSA) is 79.0 Å². The van der Waals surface area contributed by atoms with Crippen molar-refractivity contribution in [2.24, 2.45) is 11.8 Å². The van der Waals surface area contributed by atoms with Crippen LogP contribution in [0.25, 0.3) is 0 Å². The number of hydrogen-bond donors (Lipinski definition) is 1. The highest BCUT2D eigenvalue weighted by atomic mass is 32.2. The highest BCUT2D eigenvalue weighted by Gasteiger charge is 2.46. The summed E-state index contributed by atoms with van der Waals surface area (Å²) in [6, 6.07) is 5.40. The largest absolute Gasteiger partial charge is 0.380 e. The zero-order chi connectivity index (χ0) is 20.8. The van der Waals surface area contributed by atoms with Gasteiger partial charge in [0, 0.05) is 43.3 Å². The molecule has 7 nitrogen and oxygen atoms in total. The van der Waals surface area contributed by atoms with E-state index in [0.717, 1.165) is 17.7 Å². The summed E-state index contributed by atoms with van der Waals surface area (Å²) in [6.07, 6.45) is 2.39. The van der Waals surface area contributed by atoms with E-state index < -0.39 is 10.0 Å². The zero-order valence-electron chi connectivity index (χ0n) is 17.1. The van der Waals surface area contributed by atoms with E-state index in [1.54, 1.807) is 35.3 Å². The standard InChI is InChI=1S/C20H29N3O4S2/c1-22(2)17-8-13-11-23(12-14(13)9-18(17)27-3)29(25,26)15-4-5-19-16(10-15)21-20(24)6-7-28-19/h4-5,10,13-14,17-18H,6-9,11-12H2,1-3H3,(H,21,24)/t13-,14+,17-,18-/m1/s1. The van der Waals surface area contributed by atoms with Crippen LogP contribution in [-0.4, -0.2) is 75.7 Å². The van der Waals surface area contributed by atoms with Crippen molar-refractivity contribution < 1.29 is 17.9 Å². The number of fused-ring (bicyclic) bond motifs is 2. The van der Waals surface area contributed by atoms with Gasteiger partial charge < -0.3 is 15.0 Å². The first-order valence-electron chi connectivity index (χ1n) is 10.1. The molecule has 2 aliphatic heterocycles. The number of thioether (sulfide) groups is 1. The Morgan fingerprint density at radius 2 is 1.93 bits per heavy atom. The van der Waals surface area contributed by atoms with Crippen LogP contribution in [0.1, 0.15) is 19.3 Å². The number of ether oxygens (including phenoxy) is 1. The van der Waals surface area contributed by atoms with E-state index in [-0.39, 0.29) is 16.9 Å². The maximum atomic E-state index is 13.4. The molecule has 1 N–H and O–H groups in total. The van der Waals surface area contributed by atoms with Crippen molar-refractivity contribution in [3.63, 3.8) is 0 Å². The molecule has 9 heteroatoms. The lowest BCUT2D eigenvalue weighted by atomic mass is 9.77. The van der Waals surface area contributed by atoms with Gasteiger partial charge in [0.1, 0.15) is 0 Å². The summed E-state index contributed by atoms with van der Waals surface area (Å²) >= 11 is 1.58. The Balaban J connectivity index is 1.56. The molecule has 0 bridgehead atoms. The number of amides is 1. The first-order valence-corrected chi connectivity index (χ1v) is 12.5. The van der Waals surface area contributed by atoms with Gasteiger partial charge in [0.05, 0.1) is 16.7 Å². The highest BCUT2D eigenvalue weighted by Crippen LogP contribution is 2.41. The molecule has 1 amide bonds. The maximum Gasteiger partial charge on any atom is 0.243 e. The van der Waals surface area contributed by atoms with Crippen molar-refractivity contribution in [1.29, 1.82) is 0 Å². The molecule has 2 fully saturated rings. The fourth-order valence-corrected chi connectivity index (χ4v) is 7.37. The third-order valence-electron chi connectivity index (χ3n) is 6.47. The summed E-state index contributed by atoms with van der Waals surface area (Å²) in [4.78, 5) is 15.2. The summed E-state index contributed by atoms with van der Waals surface area (Å²) in [7, 11) is 2.26. The number of nitrogens with one attached hydrogen (secondary N) is 1. The lowest BCUT2D eigenvalue weighted by Crippen LogP contribution is -2.47. The van der Waals surface area contributed by atoms with Gasteiger partial charge in [0.25, 0.3) is 0 Å². The molecule has 4 atom stereocenters. The average molecular weight is 440 g/mol. The van der Waals surface area contributed by atoms with Crippen LogP contribution in [0.2, 0.25) is 0 Å². The van der Waals surface area contributed by atoms with Crippen molar-refractivity contribution in [2.75, 3.05) is 45.4 Å². The molecule has 1 aliphatic carbocycles. The summed E-state index contributed by atoms with van der Waals surface area (Å²) in [5.74, 6) is 1.30. The van der Waals surface area contributed by atoms with Crippen LogP contribution in [0.15, 0.2) is 28.0 Å². The lowest BCUT2D eigenvalue weighted by Gasteiger charge is -2.40. The van der Waals surface area contributed by atoms with E-state index >= 15 is 0 Å². The number of sulfonamides is 1. The normalized spacial score (nSPS) is 30.6. The third-order valence-corrected chi connectivity index (χ3v) is 9.37. The van der Waals surface area contributed by atoms with Crippen molar-refractivity contribution >= 4 is 33.4 Å². The number of nitrogens with zero attached hydrogens (tertiary/aromatic N) is 2. The minimum atomic E-state index is -3.60. The van der Waals surface area contributed by atoms with Gasteiger partial charge in [0.2, 0.25) is 15.9 Å². The predicted octanol–water partition coefficient (Wildman–Crippen LogP) is 2.10. The summed E-state index contributed by atoms with van der Waals surface area (Å²) < 4.78 is 34.1. The van der Waals surface area contributed by atoms with E-state index in [9.17, 15) is 13.2 Å². The number of likely N-dealkylation sites (N-methyl/N-ethyl adjacent to an activating group) is 1. The third kappa shape index (κ3) is 4.07. The average Bonchev–Trinajstić information content (AvgIpc) is 3.02. The molecule has 0 unspecified atom stereocenters. The summed E-state index contributed by atoms with van der Waals surface area (Å²) in [5, 5.41) is 2.84. The predicted molar refractivity (Wildman–Crippen MR) is 114 cm³/mol. The molecule has 0 radical (unpaired) electrons. The smallest absolute Gasteiger partial charge is 0.243 e. The minimum Gasteiger partial charge on any atom is -0.380 e. The number of carbonyl (C=O) groups is 1. The van der Waals surface area contributed by atoms with Crippen LogP contribution in [0.3, 0.4) is 0 Å². The molecule has 4 rings (SSSR count). The van der Waals surface area contributed by atoms with Gasteiger partial charge in [0.15, 0.2) is 0 Å². The Hall–Kier alpha value is -1.13. The van der Waals surface area contributed by atoms with Crippen LogP contribution in [0.5, 0.6) is 0 Å². The van der Waals surface area contributed by atoms with Crippen LogP contribution in [-0.2, 0) is 19.6 Å². The SMILES string of the molecule is CO[C@@H]1C[C@H]2CN(S(=O)(=O)c3ccc4c(c3)NC(=O)CCS4)C[C@H]2C[C@H]1N(C)C. The van der Waals surface area contributed by atoms with Crippen LogP contribution in [0, 0.1) is 11.8 Å². The van der Waals surface area contributed by atoms with Crippen LogP contribution < -0.4 is 5.32 Å². The van der Waals surface area contributed by atoms with Gasteiger partial charge in [-0.2, -0.15) is 4.31 Å². The monoisotopic (exact) mass is 439 g/mol. The molecule has 0 spiro atoms. The minimum absolute atomic E-state index is 0.0710. The quantitative estimate of drug-likeness (QED) is 0.774. The molecule has 1 aromatic carbocycles. The Bertz CT molecular complexity index is 890. The van der Waals surface area contributed by atoms with Crippen molar-refractivity contribution in [3.05, 3.63) is 18.2 Å². The first kappa shape index (κ1) is 21.1. The summed E-state index contributed by atoms with van der Waals surface area (Å²) in [6.45, 7) is 1.08. The second-order valence-corrected chi connectivity index (χ2v) is 11.5. The fourth-order valence-electron chi connectivity index (χ4n) is 4.85. The number of benzene rings is 1. The molecule has 1 saturated heterocycles. The fraction of sp³-hybridized carbons (Fsp3) is 0.650. The van der Waals surface area contributed by atoms with E-state index in [2.05, 4.69) is 24.3 Å². The number of hydrogen-bond acceptors (Lipinski definition) is 6. The molecule has 1 aromatic rings. The summed E-state index contributed by atoms with van der Waals surface area (Å²) in [5.41, 5.74) is 0.599. The molecule has 3 aliphatic rings. The van der Waals surface area contributed by atoms with Crippen LogP contribution in [0.4, 0.5) is 5.69 Å². The Labute approximate surface area is 177 Å². The van der Waals surface area contributed by atoms with Gasteiger partial charge in [-0.05, 0) is 57.0 Å². The van der Waals surface area contributed by atoms with Gasteiger partial charge >= 0.3 is 0 Å². The second kappa shape index (κ2) is 8.19. The molecule has 0 aromatic heterocycles. The molecule has 2 heterocycles. The Kier molecular flexibility index (Phi) is 5.96. The molecule has 1 saturated carbocycles. The van der Waals surface area contributed by atoms with E-state index in [1.807, 2.05) is 6.07 Å². The van der Waals surface area contributed by atoms with Gasteiger partial charge in [-0.1, -0.05) is 0 Å². The molecular weight excluding hydrogens is 410 g/mol. The van der Waals surface area contributed by atoms with Crippen molar-refractivity contribution in [3.8, 4) is 0 Å². The zero-order valence-corrected chi connectivity index (χ0v) is 18.8. The number of carbonyl (C=O) groups excluding carboxylic acids is 1. The first-order chi connectivity index (χ1) is 13.8. The molecular formula is C20H29N3O4S2. The van der Waals surface area contributed by atoms with E-state index in [0.29, 0.717) is 48.8 Å². The maximum absolute atomic E-state index is 13.4. The van der Waals surface area contributed by atoms with E-state index in [4.69, 9.17) is 4.74 Å². The van der Waals surface area contributed by atoms with Crippen LogP contribution >= 0.6 is 11.8 Å². The number of anilines is 1. The lowest BCUT2D eigenvalue weighted by molar-refractivity contribution is -0.115. The van der Waals surface area contributed by atoms with Crippen molar-refractivity contribution in [1.82, 2.24) is 9.21 Å². The Morgan fingerprint density at radius 3 is 2.62 bits per heavy atom. The number of rotatable bonds is 4.